The molecule has 0 saturated carbocycles. The molecule has 0 aromatic heterocycles. The van der Waals surface area contributed by atoms with Gasteiger partial charge in [0, 0.05) is 6.54 Å². The molecule has 0 aliphatic rings. The average molecular weight is 260 g/mol. The summed E-state index contributed by atoms with van der Waals surface area (Å²) in [6, 6.07) is 0. The number of carbonyl (C=O) groups excluding carboxylic acids is 3. The van der Waals surface area contributed by atoms with Gasteiger partial charge in [0.1, 0.15) is 6.23 Å². The summed E-state index contributed by atoms with van der Waals surface area (Å²) in [6.07, 6.45) is -0.790. The molecule has 104 valence electrons. The molecule has 0 radical (unpaired) electrons. The van der Waals surface area contributed by atoms with Crippen LogP contribution in [0.1, 0.15) is 13.8 Å². The second-order valence-electron chi connectivity index (χ2n) is 3.56. The van der Waals surface area contributed by atoms with Crippen LogP contribution in [-0.2, 0) is 14.4 Å². The van der Waals surface area contributed by atoms with E-state index in [1.807, 2.05) is 0 Å². The Morgan fingerprint density at radius 3 is 1.83 bits per heavy atom. The zero-order valence-electron chi connectivity index (χ0n) is 10.6. The van der Waals surface area contributed by atoms with Gasteiger partial charge in [-0.25, -0.2) is 0 Å². The van der Waals surface area contributed by atoms with Crippen molar-refractivity contribution in [3.05, 3.63) is 0 Å². The fraction of sp³-hybridized carbons (Fsp3) is 0.700. The Morgan fingerprint density at radius 2 is 1.39 bits per heavy atom. The predicted octanol–water partition coefficient (Wildman–Crippen LogP) is -2.72. The van der Waals surface area contributed by atoms with Crippen molar-refractivity contribution in [3.8, 4) is 0 Å². The number of rotatable bonds is 8. The first-order chi connectivity index (χ1) is 8.45. The molecular weight excluding hydrogens is 240 g/mol. The van der Waals surface area contributed by atoms with E-state index in [1.54, 1.807) is 6.92 Å². The molecule has 5 N–H and O–H groups in total. The van der Waals surface area contributed by atoms with Crippen LogP contribution in [0.4, 0.5) is 0 Å². The molecule has 18 heavy (non-hydrogen) atoms. The average Bonchev–Trinajstić information content (AvgIpc) is 2.31. The van der Waals surface area contributed by atoms with Crippen molar-refractivity contribution in [3.63, 3.8) is 0 Å². The summed E-state index contributed by atoms with van der Waals surface area (Å²) in [5.41, 5.74) is 0. The minimum atomic E-state index is -0.790. The van der Waals surface area contributed by atoms with Gasteiger partial charge in [0.25, 0.3) is 0 Å². The molecule has 0 saturated heterocycles. The Bertz CT molecular complexity index is 294. The first kappa shape index (κ1) is 16.3. The number of aliphatic hydroxyl groups excluding tert-OH is 1. The fourth-order valence-corrected chi connectivity index (χ4v) is 0.983. The summed E-state index contributed by atoms with van der Waals surface area (Å²) in [4.78, 5) is 33.4. The maximum absolute atomic E-state index is 11.2. The van der Waals surface area contributed by atoms with E-state index < -0.39 is 18.0 Å². The molecule has 8 nitrogen and oxygen atoms in total. The second-order valence-corrected chi connectivity index (χ2v) is 3.56. The molecule has 0 spiro atoms. The molecule has 0 aromatic rings. The third kappa shape index (κ3) is 9.55. The normalized spacial score (nSPS) is 11.5. The highest BCUT2D eigenvalue weighted by Crippen LogP contribution is 1.72. The van der Waals surface area contributed by atoms with Gasteiger partial charge in [0.15, 0.2) is 0 Å². The van der Waals surface area contributed by atoms with Crippen LogP contribution in [0.5, 0.6) is 0 Å². The Morgan fingerprint density at radius 1 is 0.944 bits per heavy atom. The van der Waals surface area contributed by atoms with Gasteiger partial charge < -0.3 is 21.1 Å². The fourth-order valence-electron chi connectivity index (χ4n) is 0.983. The van der Waals surface area contributed by atoms with E-state index in [0.29, 0.717) is 6.54 Å². The molecule has 0 heterocycles. The van der Waals surface area contributed by atoms with Crippen LogP contribution >= 0.6 is 0 Å². The van der Waals surface area contributed by atoms with E-state index in [0.717, 1.165) is 0 Å². The summed E-state index contributed by atoms with van der Waals surface area (Å²) in [7, 11) is 0. The van der Waals surface area contributed by atoms with Crippen LogP contribution < -0.4 is 21.3 Å². The lowest BCUT2D eigenvalue weighted by atomic mass is 10.4. The SMILES string of the molecule is CCNC(=O)CNC(=O)CNC(=O)CNC(C)O. The van der Waals surface area contributed by atoms with Crippen molar-refractivity contribution >= 4 is 17.7 Å². The van der Waals surface area contributed by atoms with Gasteiger partial charge >= 0.3 is 0 Å². The maximum atomic E-state index is 11.2. The standard InChI is InChI=1S/C10H20N4O4/c1-3-11-8(16)5-13-10(18)6-14-9(17)4-12-7(2)15/h7,12,15H,3-6H2,1-2H3,(H,11,16)(H,13,18)(H,14,17). The van der Waals surface area contributed by atoms with E-state index in [4.69, 9.17) is 5.11 Å². The lowest BCUT2D eigenvalue weighted by Crippen LogP contribution is -2.44. The Kier molecular flexibility index (Phi) is 8.50. The third-order valence-electron chi connectivity index (χ3n) is 1.82. The molecule has 1 atom stereocenters. The Hall–Kier alpha value is -1.67. The summed E-state index contributed by atoms with van der Waals surface area (Å²) in [5.74, 6) is -1.15. The molecule has 0 aliphatic heterocycles. The minimum absolute atomic E-state index is 0.0821. The van der Waals surface area contributed by atoms with Crippen LogP contribution in [-0.4, -0.2) is 55.2 Å². The zero-order chi connectivity index (χ0) is 14.0. The summed E-state index contributed by atoms with van der Waals surface area (Å²) in [5, 5.41) is 18.6. The Balaban J connectivity index is 3.64. The van der Waals surface area contributed by atoms with E-state index in [1.165, 1.54) is 6.92 Å². The van der Waals surface area contributed by atoms with Gasteiger partial charge in [0.2, 0.25) is 17.7 Å². The largest absolute Gasteiger partial charge is 0.379 e. The van der Waals surface area contributed by atoms with Gasteiger partial charge in [-0.1, -0.05) is 0 Å². The first-order valence-electron chi connectivity index (χ1n) is 5.67. The number of hydrogen-bond acceptors (Lipinski definition) is 5. The van der Waals surface area contributed by atoms with Gasteiger partial charge in [0.05, 0.1) is 19.6 Å². The van der Waals surface area contributed by atoms with Crippen molar-refractivity contribution in [2.45, 2.75) is 20.1 Å². The van der Waals surface area contributed by atoms with Gasteiger partial charge in [-0.2, -0.15) is 0 Å². The molecular formula is C10H20N4O4. The molecule has 1 unspecified atom stereocenters. The summed E-state index contributed by atoms with van der Waals surface area (Å²) >= 11 is 0. The van der Waals surface area contributed by atoms with E-state index in [2.05, 4.69) is 21.3 Å². The lowest BCUT2D eigenvalue weighted by molar-refractivity contribution is -0.127. The number of amides is 3. The molecule has 0 aromatic carbocycles. The summed E-state index contributed by atoms with van der Waals surface area (Å²) < 4.78 is 0. The first-order valence-corrected chi connectivity index (χ1v) is 5.67. The van der Waals surface area contributed by atoms with Crippen molar-refractivity contribution in [1.29, 1.82) is 0 Å². The molecule has 0 rings (SSSR count). The van der Waals surface area contributed by atoms with Crippen molar-refractivity contribution in [2.24, 2.45) is 0 Å². The smallest absolute Gasteiger partial charge is 0.239 e. The van der Waals surface area contributed by atoms with Crippen LogP contribution in [0.25, 0.3) is 0 Å². The number of hydrogen-bond donors (Lipinski definition) is 5. The van der Waals surface area contributed by atoms with Gasteiger partial charge in [-0.3, -0.25) is 19.7 Å². The van der Waals surface area contributed by atoms with Crippen molar-refractivity contribution in [2.75, 3.05) is 26.2 Å². The minimum Gasteiger partial charge on any atom is -0.379 e. The van der Waals surface area contributed by atoms with E-state index >= 15 is 0 Å². The van der Waals surface area contributed by atoms with Crippen LogP contribution in [0, 0.1) is 0 Å². The number of nitrogens with one attached hydrogen (secondary N) is 4. The van der Waals surface area contributed by atoms with Crippen LogP contribution in [0.2, 0.25) is 0 Å². The second kappa shape index (κ2) is 9.37. The maximum Gasteiger partial charge on any atom is 0.239 e. The van der Waals surface area contributed by atoms with Gasteiger partial charge in [-0.15, -0.1) is 0 Å². The molecule has 8 heteroatoms. The molecule has 0 bridgehead atoms. The lowest BCUT2D eigenvalue weighted by Gasteiger charge is -2.08. The van der Waals surface area contributed by atoms with Gasteiger partial charge in [-0.05, 0) is 13.8 Å². The zero-order valence-corrected chi connectivity index (χ0v) is 10.6. The highest BCUT2D eigenvalue weighted by atomic mass is 16.3. The molecule has 3 amide bonds. The van der Waals surface area contributed by atoms with Crippen molar-refractivity contribution in [1.82, 2.24) is 21.3 Å². The van der Waals surface area contributed by atoms with Crippen molar-refractivity contribution < 1.29 is 19.5 Å². The summed E-state index contributed by atoms with van der Waals surface area (Å²) in [6.45, 7) is 3.34. The number of aliphatic hydroxyl groups is 1. The Labute approximate surface area is 106 Å². The highest BCUT2D eigenvalue weighted by molar-refractivity contribution is 5.88. The van der Waals surface area contributed by atoms with E-state index in [9.17, 15) is 14.4 Å². The quantitative estimate of drug-likeness (QED) is 0.304. The van der Waals surface area contributed by atoms with E-state index in [-0.39, 0.29) is 25.5 Å². The number of likely N-dealkylation sites (N-methyl/N-ethyl adjacent to an activating group) is 1. The molecule has 0 aliphatic carbocycles. The van der Waals surface area contributed by atoms with Crippen LogP contribution in [0.3, 0.4) is 0 Å². The molecule has 0 fully saturated rings. The third-order valence-corrected chi connectivity index (χ3v) is 1.82. The van der Waals surface area contributed by atoms with Crippen LogP contribution in [0.15, 0.2) is 0 Å². The topological polar surface area (TPSA) is 120 Å². The monoisotopic (exact) mass is 260 g/mol. The number of carbonyl (C=O) groups is 3. The predicted molar refractivity (Wildman–Crippen MR) is 64.4 cm³/mol. The highest BCUT2D eigenvalue weighted by Gasteiger charge is 2.07.